The summed E-state index contributed by atoms with van der Waals surface area (Å²) in [5.74, 6) is -0.577. The van der Waals surface area contributed by atoms with Gasteiger partial charge in [0, 0.05) is 14.1 Å². The molecule has 2 nitrogen and oxygen atoms in total. The van der Waals surface area contributed by atoms with E-state index in [1.165, 1.54) is 0 Å². The van der Waals surface area contributed by atoms with Crippen LogP contribution in [0.1, 0.15) is 37.0 Å². The lowest BCUT2D eigenvalue weighted by atomic mass is 10.1. The number of amides is 1. The van der Waals surface area contributed by atoms with Crippen molar-refractivity contribution in [2.45, 2.75) is 38.9 Å². The Labute approximate surface area is 144 Å². The van der Waals surface area contributed by atoms with E-state index < -0.39 is 24.7 Å². The molecule has 0 aliphatic rings. The van der Waals surface area contributed by atoms with Crippen LogP contribution in [-0.2, 0) is 0 Å². The number of benzene rings is 1. The fraction of sp³-hybridized carbons (Fsp3) is 0.500. The zero-order valence-electron chi connectivity index (χ0n) is 11.7. The van der Waals surface area contributed by atoms with Gasteiger partial charge in [0.25, 0.3) is 5.91 Å². The van der Waals surface area contributed by atoms with Gasteiger partial charge in [-0.1, -0.05) is 29.8 Å². The number of carbonyl (C=O) groups excluding carboxylic acids is 1. The van der Waals surface area contributed by atoms with Crippen molar-refractivity contribution in [3.05, 3.63) is 31.8 Å². The minimum Gasteiger partial charge on any atom is -0.327 e. The van der Waals surface area contributed by atoms with Gasteiger partial charge in [-0.2, -0.15) is 13.2 Å². The monoisotopic (exact) mass is 477 g/mol. The van der Waals surface area contributed by atoms with Gasteiger partial charge in [-0.25, -0.2) is 0 Å². The molecule has 0 saturated heterocycles. The van der Waals surface area contributed by atoms with Crippen molar-refractivity contribution in [2.75, 3.05) is 6.54 Å². The zero-order chi connectivity index (χ0) is 16.2. The Hall–Kier alpha value is -0.310. The first kappa shape index (κ1) is 18.7. The van der Waals surface area contributed by atoms with Crippen molar-refractivity contribution in [2.24, 2.45) is 0 Å². The highest BCUT2D eigenvalue weighted by atomic mass is 127. The van der Waals surface area contributed by atoms with Crippen LogP contribution >= 0.6 is 38.5 Å². The number of halogens is 5. The Bertz CT molecular complexity index is 503. The second-order valence-corrected chi connectivity index (χ2v) is 6.72. The van der Waals surface area contributed by atoms with Crippen molar-refractivity contribution >= 4 is 44.4 Å². The normalized spacial score (nSPS) is 11.8. The molecule has 0 heterocycles. The van der Waals surface area contributed by atoms with Crippen molar-refractivity contribution < 1.29 is 18.0 Å². The summed E-state index contributed by atoms with van der Waals surface area (Å²) in [5.41, 5.74) is 0.293. The van der Waals surface area contributed by atoms with Gasteiger partial charge in [-0.15, -0.1) is 0 Å². The molecule has 0 N–H and O–H groups in total. The van der Waals surface area contributed by atoms with Gasteiger partial charge in [0.2, 0.25) is 0 Å². The topological polar surface area (TPSA) is 20.3 Å². The highest BCUT2D eigenvalue weighted by molar-refractivity contribution is 14.1. The fourth-order valence-electron chi connectivity index (χ4n) is 2.11. The molecule has 0 fully saturated rings. The minimum absolute atomic E-state index is 0.293. The minimum atomic E-state index is -4.41. The van der Waals surface area contributed by atoms with Crippen LogP contribution in [0.4, 0.5) is 13.2 Å². The van der Waals surface area contributed by atoms with Gasteiger partial charge < -0.3 is 4.90 Å². The first-order valence-electron chi connectivity index (χ1n) is 6.52. The van der Waals surface area contributed by atoms with E-state index in [1.807, 2.05) is 22.6 Å². The van der Waals surface area contributed by atoms with E-state index in [0.717, 1.165) is 4.90 Å². The molecule has 0 saturated carbocycles. The van der Waals surface area contributed by atoms with E-state index in [2.05, 4.69) is 15.9 Å². The first-order valence-corrected chi connectivity index (χ1v) is 8.39. The second-order valence-electron chi connectivity index (χ2n) is 4.64. The summed E-state index contributed by atoms with van der Waals surface area (Å²) in [4.78, 5) is 13.5. The molecule has 1 amide bonds. The highest BCUT2D eigenvalue weighted by Crippen LogP contribution is 2.25. The van der Waals surface area contributed by atoms with Crippen LogP contribution in [0.3, 0.4) is 0 Å². The fourth-order valence-corrected chi connectivity index (χ4v) is 3.03. The van der Waals surface area contributed by atoms with Crippen LogP contribution < -0.4 is 0 Å². The van der Waals surface area contributed by atoms with Gasteiger partial charge in [-0.3, -0.25) is 4.79 Å². The van der Waals surface area contributed by atoms with Gasteiger partial charge in [0.15, 0.2) is 0 Å². The SMILES string of the molecule is CCC(CC)N(CC(F)(F)F)C(=O)c1cc(Br)ccc1I. The third-order valence-electron chi connectivity index (χ3n) is 3.15. The molecule has 0 radical (unpaired) electrons. The van der Waals surface area contributed by atoms with Crippen LogP contribution in [0.2, 0.25) is 0 Å². The molecule has 118 valence electrons. The van der Waals surface area contributed by atoms with Crippen molar-refractivity contribution in [3.63, 3.8) is 0 Å². The van der Waals surface area contributed by atoms with Gasteiger partial charge in [-0.05, 0) is 53.6 Å². The summed E-state index contributed by atoms with van der Waals surface area (Å²) >= 11 is 5.21. The molecular weight excluding hydrogens is 462 g/mol. The molecule has 0 aliphatic carbocycles. The van der Waals surface area contributed by atoms with Crippen LogP contribution in [0.5, 0.6) is 0 Å². The van der Waals surface area contributed by atoms with Crippen LogP contribution in [0.15, 0.2) is 22.7 Å². The Kier molecular flexibility index (Phi) is 6.96. The predicted octanol–water partition coefficient (Wildman–Crippen LogP) is 5.25. The van der Waals surface area contributed by atoms with E-state index in [9.17, 15) is 18.0 Å². The molecular formula is C14H16BrF3INO. The maximum Gasteiger partial charge on any atom is 0.406 e. The summed E-state index contributed by atoms with van der Waals surface area (Å²) < 4.78 is 39.7. The molecule has 1 aromatic carbocycles. The summed E-state index contributed by atoms with van der Waals surface area (Å²) in [7, 11) is 0. The van der Waals surface area contributed by atoms with E-state index in [-0.39, 0.29) is 0 Å². The quantitative estimate of drug-likeness (QED) is 0.530. The summed E-state index contributed by atoms with van der Waals surface area (Å²) in [6.07, 6.45) is -3.43. The number of rotatable bonds is 5. The highest BCUT2D eigenvalue weighted by Gasteiger charge is 2.36. The Balaban J connectivity index is 3.18. The third-order valence-corrected chi connectivity index (χ3v) is 4.59. The lowest BCUT2D eigenvalue weighted by molar-refractivity contribution is -0.144. The molecule has 1 rings (SSSR count). The Morgan fingerprint density at radius 2 is 1.90 bits per heavy atom. The Morgan fingerprint density at radius 1 is 1.33 bits per heavy atom. The lowest BCUT2D eigenvalue weighted by Crippen LogP contribution is -2.45. The van der Waals surface area contributed by atoms with Gasteiger partial charge >= 0.3 is 6.18 Å². The van der Waals surface area contributed by atoms with Crippen LogP contribution in [0, 0.1) is 3.57 Å². The predicted molar refractivity (Wildman–Crippen MR) is 88.3 cm³/mol. The molecule has 7 heteroatoms. The molecule has 21 heavy (non-hydrogen) atoms. The van der Waals surface area contributed by atoms with E-state index in [4.69, 9.17) is 0 Å². The van der Waals surface area contributed by atoms with Crippen LogP contribution in [-0.4, -0.2) is 29.6 Å². The molecule has 0 bridgehead atoms. The third kappa shape index (κ3) is 5.43. The lowest BCUT2D eigenvalue weighted by Gasteiger charge is -2.31. The molecule has 0 atom stereocenters. The van der Waals surface area contributed by atoms with E-state index >= 15 is 0 Å². The smallest absolute Gasteiger partial charge is 0.327 e. The summed E-state index contributed by atoms with van der Waals surface area (Å²) in [6.45, 7) is 2.36. The molecule has 1 aromatic rings. The van der Waals surface area contributed by atoms with Gasteiger partial charge in [0.1, 0.15) is 6.54 Å². The average molecular weight is 478 g/mol. The number of carbonyl (C=O) groups is 1. The molecule has 0 aromatic heterocycles. The number of nitrogens with zero attached hydrogens (tertiary/aromatic N) is 1. The largest absolute Gasteiger partial charge is 0.406 e. The second kappa shape index (κ2) is 7.80. The van der Waals surface area contributed by atoms with Crippen LogP contribution in [0.25, 0.3) is 0 Å². The van der Waals surface area contributed by atoms with Crippen molar-refractivity contribution in [1.29, 1.82) is 0 Å². The van der Waals surface area contributed by atoms with E-state index in [1.54, 1.807) is 32.0 Å². The van der Waals surface area contributed by atoms with Crippen molar-refractivity contribution in [1.82, 2.24) is 4.90 Å². The molecule has 0 aliphatic heterocycles. The average Bonchev–Trinajstić information content (AvgIpc) is 2.39. The number of alkyl halides is 3. The van der Waals surface area contributed by atoms with Crippen molar-refractivity contribution in [3.8, 4) is 0 Å². The maximum absolute atomic E-state index is 12.8. The number of hydrogen-bond donors (Lipinski definition) is 0. The zero-order valence-corrected chi connectivity index (χ0v) is 15.4. The number of hydrogen-bond acceptors (Lipinski definition) is 1. The summed E-state index contributed by atoms with van der Waals surface area (Å²) in [5, 5.41) is 0. The molecule has 0 spiro atoms. The first-order chi connectivity index (χ1) is 9.69. The van der Waals surface area contributed by atoms with E-state index in [0.29, 0.717) is 26.4 Å². The Morgan fingerprint density at radius 3 is 2.38 bits per heavy atom. The standard InChI is InChI=1S/C14H16BrF3INO/c1-3-10(4-2)20(8-14(16,17)18)13(21)11-7-9(15)5-6-12(11)19/h5-7,10H,3-4,8H2,1-2H3. The summed E-state index contributed by atoms with van der Waals surface area (Å²) in [6, 6.07) is 4.60. The maximum atomic E-state index is 12.8. The van der Waals surface area contributed by atoms with Gasteiger partial charge in [0.05, 0.1) is 5.56 Å². The molecule has 0 unspecified atom stereocenters.